The Balaban J connectivity index is 1.01. The van der Waals surface area contributed by atoms with E-state index in [9.17, 15) is 9.59 Å². The number of fused-ring (bicyclic) bond motifs is 7. The zero-order valence-corrected chi connectivity index (χ0v) is 29.6. The molecule has 0 spiro atoms. The summed E-state index contributed by atoms with van der Waals surface area (Å²) in [6.45, 7) is 7.77. The van der Waals surface area contributed by atoms with Crippen molar-refractivity contribution in [2.75, 3.05) is 0 Å². The predicted molar refractivity (Wildman–Crippen MR) is 217 cm³/mol. The smallest absolute Gasteiger partial charge is 0.311 e. The SMILES string of the molecule is C=Cc1ccc(CC(=O)OC2c3ccccc3-c3ccc(-c4ccc5c(c4)-c4ccccc4C5OC(=O)Cc4ccc(C=C)c5ccccc45)cc32)cc1. The Morgan fingerprint density at radius 3 is 1.80 bits per heavy atom. The molecule has 0 fully saturated rings. The van der Waals surface area contributed by atoms with Crippen LogP contribution in [0.5, 0.6) is 0 Å². The summed E-state index contributed by atoms with van der Waals surface area (Å²) in [7, 11) is 0. The number of ether oxygens (including phenoxy) is 2. The summed E-state index contributed by atoms with van der Waals surface area (Å²) >= 11 is 0. The third kappa shape index (κ3) is 5.82. The molecular formula is C50H36O4. The summed E-state index contributed by atoms with van der Waals surface area (Å²) in [6, 6.07) is 48.9. The Bertz CT molecular complexity index is 2650. The lowest BCUT2D eigenvalue weighted by Gasteiger charge is -2.17. The van der Waals surface area contributed by atoms with Crippen molar-refractivity contribution < 1.29 is 19.1 Å². The van der Waals surface area contributed by atoms with Crippen molar-refractivity contribution >= 4 is 34.9 Å². The van der Waals surface area contributed by atoms with E-state index in [0.717, 1.165) is 88.7 Å². The quantitative estimate of drug-likeness (QED) is 0.141. The second-order valence-electron chi connectivity index (χ2n) is 13.9. The highest BCUT2D eigenvalue weighted by Gasteiger charge is 2.34. The van der Waals surface area contributed by atoms with Crippen LogP contribution < -0.4 is 0 Å². The zero-order valence-electron chi connectivity index (χ0n) is 29.6. The van der Waals surface area contributed by atoms with Gasteiger partial charge in [0.05, 0.1) is 12.8 Å². The Morgan fingerprint density at radius 1 is 0.500 bits per heavy atom. The third-order valence-electron chi connectivity index (χ3n) is 10.7. The van der Waals surface area contributed by atoms with Crippen molar-refractivity contribution in [2.45, 2.75) is 25.0 Å². The van der Waals surface area contributed by atoms with Crippen molar-refractivity contribution in [3.05, 3.63) is 203 Å². The van der Waals surface area contributed by atoms with Crippen molar-refractivity contribution in [2.24, 2.45) is 0 Å². The van der Waals surface area contributed by atoms with Gasteiger partial charge in [-0.15, -0.1) is 0 Å². The van der Waals surface area contributed by atoms with Gasteiger partial charge in [-0.05, 0) is 78.5 Å². The lowest BCUT2D eigenvalue weighted by atomic mass is 9.95. The van der Waals surface area contributed by atoms with Gasteiger partial charge in [-0.2, -0.15) is 0 Å². The number of esters is 2. The molecule has 2 aliphatic rings. The summed E-state index contributed by atoms with van der Waals surface area (Å²) in [5, 5.41) is 2.09. The van der Waals surface area contributed by atoms with Gasteiger partial charge < -0.3 is 9.47 Å². The van der Waals surface area contributed by atoms with Gasteiger partial charge in [-0.25, -0.2) is 0 Å². The van der Waals surface area contributed by atoms with Crippen LogP contribution in [-0.2, 0) is 31.9 Å². The maximum atomic E-state index is 13.6. The van der Waals surface area contributed by atoms with E-state index in [0.29, 0.717) is 0 Å². The normalized spacial score (nSPS) is 14.7. The Labute approximate surface area is 314 Å². The van der Waals surface area contributed by atoms with Gasteiger partial charge in [0.25, 0.3) is 0 Å². The highest BCUT2D eigenvalue weighted by molar-refractivity contribution is 5.95. The molecule has 7 aromatic carbocycles. The summed E-state index contributed by atoms with van der Waals surface area (Å²) < 4.78 is 12.6. The van der Waals surface area contributed by atoms with E-state index >= 15 is 0 Å². The van der Waals surface area contributed by atoms with Crippen LogP contribution in [0.15, 0.2) is 159 Å². The largest absolute Gasteiger partial charge is 0.452 e. The molecule has 0 radical (unpaired) electrons. The van der Waals surface area contributed by atoms with Gasteiger partial charge in [0.15, 0.2) is 12.2 Å². The first-order valence-corrected chi connectivity index (χ1v) is 18.2. The van der Waals surface area contributed by atoms with Crippen LogP contribution in [0.1, 0.15) is 56.7 Å². The van der Waals surface area contributed by atoms with Gasteiger partial charge in [-0.3, -0.25) is 9.59 Å². The number of hydrogen-bond donors (Lipinski definition) is 0. The fraction of sp³-hybridized carbons (Fsp3) is 0.0800. The first-order chi connectivity index (χ1) is 26.5. The molecule has 2 atom stereocenters. The molecule has 0 aliphatic heterocycles. The van der Waals surface area contributed by atoms with E-state index < -0.39 is 12.2 Å². The van der Waals surface area contributed by atoms with E-state index in [-0.39, 0.29) is 24.8 Å². The monoisotopic (exact) mass is 700 g/mol. The third-order valence-corrected chi connectivity index (χ3v) is 10.7. The Kier molecular flexibility index (Phi) is 8.36. The van der Waals surface area contributed by atoms with Crippen molar-refractivity contribution in [3.8, 4) is 33.4 Å². The second kappa shape index (κ2) is 13.6. The van der Waals surface area contributed by atoms with E-state index in [1.165, 1.54) is 0 Å². The van der Waals surface area contributed by atoms with E-state index in [1.807, 2.05) is 97.1 Å². The molecule has 9 rings (SSSR count). The van der Waals surface area contributed by atoms with Gasteiger partial charge in [0.1, 0.15) is 0 Å². The summed E-state index contributed by atoms with van der Waals surface area (Å²) in [5.74, 6) is -0.563. The maximum Gasteiger partial charge on any atom is 0.311 e. The minimum absolute atomic E-state index is 0.162. The fourth-order valence-corrected chi connectivity index (χ4v) is 8.09. The second-order valence-corrected chi connectivity index (χ2v) is 13.9. The van der Waals surface area contributed by atoms with Gasteiger partial charge in [-0.1, -0.05) is 159 Å². The summed E-state index contributed by atoms with van der Waals surface area (Å²) in [4.78, 5) is 27.0. The molecule has 2 unspecified atom stereocenters. The van der Waals surface area contributed by atoms with Crippen LogP contribution in [0.25, 0.3) is 56.3 Å². The molecule has 54 heavy (non-hydrogen) atoms. The minimum atomic E-state index is -0.514. The first-order valence-electron chi connectivity index (χ1n) is 18.2. The van der Waals surface area contributed by atoms with Crippen LogP contribution in [0.3, 0.4) is 0 Å². The van der Waals surface area contributed by atoms with Crippen molar-refractivity contribution in [1.82, 2.24) is 0 Å². The molecular weight excluding hydrogens is 665 g/mol. The first kappa shape index (κ1) is 33.1. The molecule has 7 aromatic rings. The Morgan fingerprint density at radius 2 is 1.07 bits per heavy atom. The summed E-state index contributed by atoms with van der Waals surface area (Å²) in [6.07, 6.45) is 2.94. The molecule has 4 heteroatoms. The number of hydrogen-bond acceptors (Lipinski definition) is 4. The van der Waals surface area contributed by atoms with E-state index in [4.69, 9.17) is 9.47 Å². The molecule has 4 nitrogen and oxygen atoms in total. The minimum Gasteiger partial charge on any atom is -0.452 e. The number of carbonyl (C=O) groups excluding carboxylic acids is 2. The Hall–Kier alpha value is -6.78. The molecule has 0 amide bonds. The molecule has 0 N–H and O–H groups in total. The molecule has 0 heterocycles. The van der Waals surface area contributed by atoms with Crippen molar-refractivity contribution in [1.29, 1.82) is 0 Å². The number of rotatable bonds is 9. The highest BCUT2D eigenvalue weighted by Crippen LogP contribution is 2.49. The number of carbonyl (C=O) groups is 2. The van der Waals surface area contributed by atoms with E-state index in [1.54, 1.807) is 6.08 Å². The maximum absolute atomic E-state index is 13.6. The fourth-order valence-electron chi connectivity index (χ4n) is 8.09. The van der Waals surface area contributed by atoms with Gasteiger partial charge in [0, 0.05) is 22.3 Å². The van der Waals surface area contributed by atoms with Gasteiger partial charge >= 0.3 is 11.9 Å². The lowest BCUT2D eigenvalue weighted by molar-refractivity contribution is -0.147. The van der Waals surface area contributed by atoms with Crippen LogP contribution in [0, 0.1) is 0 Å². The molecule has 0 aromatic heterocycles. The average Bonchev–Trinajstić information content (AvgIpc) is 3.69. The lowest BCUT2D eigenvalue weighted by Crippen LogP contribution is -2.13. The van der Waals surface area contributed by atoms with Crippen molar-refractivity contribution in [3.63, 3.8) is 0 Å². The van der Waals surface area contributed by atoms with Crippen LogP contribution in [0.2, 0.25) is 0 Å². The average molecular weight is 701 g/mol. The standard InChI is InChI=1S/C50H36O4/c1-3-31-17-19-32(20-18-31)27-47(51)53-50-42-15-9-7-13-39(42)41-25-23-35(29-46(41)50)34-24-26-44-45(28-34)40-14-8-10-16-43(40)49(44)54-48(52)30-36-22-21-33(4-2)37-11-5-6-12-38(36)37/h3-26,28-29,49-50H,1-2,27,30H2. The van der Waals surface area contributed by atoms with Crippen LogP contribution in [-0.4, -0.2) is 11.9 Å². The molecule has 0 saturated carbocycles. The van der Waals surface area contributed by atoms with E-state index in [2.05, 4.69) is 67.8 Å². The topological polar surface area (TPSA) is 52.6 Å². The highest BCUT2D eigenvalue weighted by atomic mass is 16.5. The zero-order chi connectivity index (χ0) is 36.8. The molecule has 2 aliphatic carbocycles. The van der Waals surface area contributed by atoms with Gasteiger partial charge in [0.2, 0.25) is 0 Å². The molecule has 260 valence electrons. The number of benzene rings is 7. The molecule has 0 saturated heterocycles. The summed E-state index contributed by atoms with van der Waals surface area (Å²) in [5.41, 5.74) is 14.0. The predicted octanol–water partition coefficient (Wildman–Crippen LogP) is 11.5. The van der Waals surface area contributed by atoms with Crippen LogP contribution in [0.4, 0.5) is 0 Å². The van der Waals surface area contributed by atoms with Crippen LogP contribution >= 0.6 is 0 Å². The molecule has 0 bridgehead atoms.